The highest BCUT2D eigenvalue weighted by Crippen LogP contribution is 2.32. The van der Waals surface area contributed by atoms with Crippen molar-refractivity contribution in [2.75, 3.05) is 19.6 Å². The Morgan fingerprint density at radius 3 is 2.44 bits per heavy atom. The van der Waals surface area contributed by atoms with Crippen LogP contribution in [0, 0.1) is 31.6 Å². The van der Waals surface area contributed by atoms with Crippen LogP contribution in [0.1, 0.15) is 44.0 Å². The van der Waals surface area contributed by atoms with E-state index < -0.39 is 0 Å². The zero-order valence-corrected chi connectivity index (χ0v) is 15.6. The fraction of sp³-hybridized carbons (Fsp3) is 0.737. The van der Waals surface area contributed by atoms with Crippen LogP contribution in [0.25, 0.3) is 0 Å². The first-order valence-corrected chi connectivity index (χ1v) is 9.51. The number of piperidine rings is 1. The maximum atomic E-state index is 12.4. The molecule has 0 spiro atoms. The summed E-state index contributed by atoms with van der Waals surface area (Å²) in [5, 5.41) is 7.57. The van der Waals surface area contributed by atoms with Crippen molar-refractivity contribution in [3.8, 4) is 0 Å². The van der Waals surface area contributed by atoms with Gasteiger partial charge in [0, 0.05) is 43.7 Å². The molecule has 0 unspecified atom stereocenters. The summed E-state index contributed by atoms with van der Waals surface area (Å²) in [6, 6.07) is 2.07. The van der Waals surface area contributed by atoms with Crippen LogP contribution < -0.4 is 5.32 Å². The third kappa shape index (κ3) is 4.61. The molecule has 0 radical (unpaired) electrons. The van der Waals surface area contributed by atoms with Crippen LogP contribution in [0.3, 0.4) is 0 Å². The van der Waals surface area contributed by atoms with E-state index in [1.54, 1.807) is 0 Å². The van der Waals surface area contributed by atoms with Crippen LogP contribution in [0.15, 0.2) is 6.07 Å². The van der Waals surface area contributed by atoms with Crippen LogP contribution in [0.2, 0.25) is 0 Å². The smallest absolute Gasteiger partial charge is 0.225 e. The lowest BCUT2D eigenvalue weighted by atomic mass is 9.95. The van der Waals surface area contributed by atoms with Gasteiger partial charge in [-0.05, 0) is 51.5 Å². The van der Waals surface area contributed by atoms with Gasteiger partial charge in [-0.25, -0.2) is 0 Å². The van der Waals surface area contributed by atoms with E-state index in [0.29, 0.717) is 18.4 Å². The van der Waals surface area contributed by atoms with Gasteiger partial charge in [-0.2, -0.15) is 5.10 Å². The van der Waals surface area contributed by atoms with Crippen molar-refractivity contribution in [1.29, 1.82) is 0 Å². The number of carbonyl (C=O) groups excluding carboxylic acids is 2. The number of amides is 2. The number of aryl methyl sites for hydroxylation is 2. The minimum Gasteiger partial charge on any atom is -0.356 e. The Morgan fingerprint density at radius 1 is 1.20 bits per heavy atom. The normalized spacial score (nSPS) is 19.7. The first-order chi connectivity index (χ1) is 11.9. The number of rotatable bonds is 6. The average Bonchev–Trinajstić information content (AvgIpc) is 3.39. The number of hydrogen-bond acceptors (Lipinski definition) is 3. The Labute approximate surface area is 149 Å². The number of carbonyl (C=O) groups is 2. The first-order valence-electron chi connectivity index (χ1n) is 9.51. The lowest BCUT2D eigenvalue weighted by Crippen LogP contribution is -2.44. The fourth-order valence-corrected chi connectivity index (χ4v) is 3.59. The minimum absolute atomic E-state index is 0.0455. The molecule has 2 amide bonds. The van der Waals surface area contributed by atoms with Gasteiger partial charge in [0.1, 0.15) is 0 Å². The zero-order valence-electron chi connectivity index (χ0n) is 15.6. The standard InChI is InChI=1S/C19H30N4O2/c1-13(12-23-15(3)10-14(2)21-23)11-20-18(24)16-6-8-22(9-7-16)19(25)17-4-5-17/h10,13,16-17H,4-9,11-12H2,1-3H3,(H,20,24)/t13-/m1/s1. The maximum Gasteiger partial charge on any atom is 0.225 e. The van der Waals surface area contributed by atoms with E-state index in [9.17, 15) is 9.59 Å². The van der Waals surface area contributed by atoms with E-state index in [0.717, 1.165) is 56.7 Å². The summed E-state index contributed by atoms with van der Waals surface area (Å²) in [6.45, 7) is 9.13. The van der Waals surface area contributed by atoms with Gasteiger partial charge in [0.05, 0.1) is 5.69 Å². The van der Waals surface area contributed by atoms with Crippen molar-refractivity contribution in [2.45, 2.75) is 53.0 Å². The molecule has 138 valence electrons. The van der Waals surface area contributed by atoms with E-state index in [1.165, 1.54) is 0 Å². The number of likely N-dealkylation sites (tertiary alicyclic amines) is 1. The Kier molecular flexibility index (Phi) is 5.45. The average molecular weight is 346 g/mol. The van der Waals surface area contributed by atoms with Crippen molar-refractivity contribution in [3.05, 3.63) is 17.5 Å². The monoisotopic (exact) mass is 346 g/mol. The molecule has 6 heteroatoms. The summed E-state index contributed by atoms with van der Waals surface area (Å²) in [4.78, 5) is 26.4. The molecule has 2 fully saturated rings. The third-order valence-electron chi connectivity index (χ3n) is 5.32. The highest BCUT2D eigenvalue weighted by atomic mass is 16.2. The molecule has 2 aliphatic rings. The Morgan fingerprint density at radius 2 is 1.88 bits per heavy atom. The van der Waals surface area contributed by atoms with Crippen LogP contribution in [-0.2, 0) is 16.1 Å². The molecule has 25 heavy (non-hydrogen) atoms. The van der Waals surface area contributed by atoms with Crippen LogP contribution >= 0.6 is 0 Å². The van der Waals surface area contributed by atoms with Gasteiger partial charge in [-0.1, -0.05) is 6.92 Å². The number of aromatic nitrogens is 2. The van der Waals surface area contributed by atoms with Crippen molar-refractivity contribution < 1.29 is 9.59 Å². The Hall–Kier alpha value is -1.85. The first kappa shape index (κ1) is 18.0. The third-order valence-corrected chi connectivity index (χ3v) is 5.32. The summed E-state index contributed by atoms with van der Waals surface area (Å²) in [5.41, 5.74) is 2.18. The van der Waals surface area contributed by atoms with E-state index in [1.807, 2.05) is 16.5 Å². The van der Waals surface area contributed by atoms with Crippen molar-refractivity contribution >= 4 is 11.8 Å². The zero-order chi connectivity index (χ0) is 18.0. The van der Waals surface area contributed by atoms with Crippen LogP contribution in [0.5, 0.6) is 0 Å². The summed E-state index contributed by atoms with van der Waals surface area (Å²) in [6.07, 6.45) is 3.67. The van der Waals surface area contributed by atoms with Crippen molar-refractivity contribution in [2.24, 2.45) is 17.8 Å². The molecule has 2 heterocycles. The van der Waals surface area contributed by atoms with E-state index in [-0.39, 0.29) is 17.7 Å². The molecule has 1 aromatic heterocycles. The van der Waals surface area contributed by atoms with Gasteiger partial charge in [0.2, 0.25) is 11.8 Å². The fourth-order valence-electron chi connectivity index (χ4n) is 3.59. The molecule has 0 bridgehead atoms. The Bertz CT molecular complexity index is 627. The lowest BCUT2D eigenvalue weighted by molar-refractivity contribution is -0.136. The van der Waals surface area contributed by atoms with Crippen LogP contribution in [-0.4, -0.2) is 46.1 Å². The molecule has 0 aromatic carbocycles. The van der Waals surface area contributed by atoms with E-state index in [2.05, 4.69) is 30.3 Å². The lowest BCUT2D eigenvalue weighted by Gasteiger charge is -2.31. The molecular weight excluding hydrogens is 316 g/mol. The molecule has 1 atom stereocenters. The molecule has 1 aliphatic heterocycles. The summed E-state index contributed by atoms with van der Waals surface area (Å²) in [7, 11) is 0. The van der Waals surface area contributed by atoms with Gasteiger partial charge in [0.25, 0.3) is 0 Å². The quantitative estimate of drug-likeness (QED) is 0.855. The second kappa shape index (κ2) is 7.58. The number of nitrogens with zero attached hydrogens (tertiary/aromatic N) is 3. The van der Waals surface area contributed by atoms with E-state index in [4.69, 9.17) is 0 Å². The molecule has 1 N–H and O–H groups in total. The second-order valence-corrected chi connectivity index (χ2v) is 7.83. The largest absolute Gasteiger partial charge is 0.356 e. The number of nitrogens with one attached hydrogen (secondary N) is 1. The number of hydrogen-bond donors (Lipinski definition) is 1. The maximum absolute atomic E-state index is 12.4. The molecular formula is C19H30N4O2. The molecule has 1 aromatic rings. The highest BCUT2D eigenvalue weighted by molar-refractivity contribution is 5.82. The SMILES string of the molecule is Cc1cc(C)n(C[C@H](C)CNC(=O)C2CCN(C(=O)C3CC3)CC2)n1. The molecule has 1 saturated carbocycles. The van der Waals surface area contributed by atoms with Gasteiger partial charge < -0.3 is 10.2 Å². The predicted molar refractivity (Wildman–Crippen MR) is 95.9 cm³/mol. The molecule has 1 aliphatic carbocycles. The summed E-state index contributed by atoms with van der Waals surface area (Å²) < 4.78 is 2.01. The molecule has 3 rings (SSSR count). The van der Waals surface area contributed by atoms with Gasteiger partial charge in [-0.3, -0.25) is 14.3 Å². The summed E-state index contributed by atoms with van der Waals surface area (Å²) >= 11 is 0. The summed E-state index contributed by atoms with van der Waals surface area (Å²) in [5.74, 6) is 1.10. The molecule has 6 nitrogen and oxygen atoms in total. The van der Waals surface area contributed by atoms with Crippen molar-refractivity contribution in [3.63, 3.8) is 0 Å². The highest BCUT2D eigenvalue weighted by Gasteiger charge is 2.35. The second-order valence-electron chi connectivity index (χ2n) is 7.83. The van der Waals surface area contributed by atoms with Gasteiger partial charge in [0.15, 0.2) is 0 Å². The van der Waals surface area contributed by atoms with Crippen molar-refractivity contribution in [1.82, 2.24) is 20.0 Å². The van der Waals surface area contributed by atoms with Crippen LogP contribution in [0.4, 0.5) is 0 Å². The van der Waals surface area contributed by atoms with Gasteiger partial charge >= 0.3 is 0 Å². The molecule has 1 saturated heterocycles. The van der Waals surface area contributed by atoms with E-state index >= 15 is 0 Å². The topological polar surface area (TPSA) is 67.2 Å². The van der Waals surface area contributed by atoms with Gasteiger partial charge in [-0.15, -0.1) is 0 Å². The Balaban J connectivity index is 1.39. The minimum atomic E-state index is 0.0455. The predicted octanol–water partition coefficient (Wildman–Crippen LogP) is 1.90.